The Hall–Kier alpha value is -2.15. The summed E-state index contributed by atoms with van der Waals surface area (Å²) < 4.78 is 39.6. The molecule has 5 nitrogen and oxygen atoms in total. The lowest BCUT2D eigenvalue weighted by molar-refractivity contribution is 0.591. The average Bonchev–Trinajstić information content (AvgIpc) is 2.36. The molecule has 20 heavy (non-hydrogen) atoms. The first kappa shape index (κ1) is 14.3. The van der Waals surface area contributed by atoms with Gasteiger partial charge < -0.3 is 4.98 Å². The molecule has 2 N–H and O–H groups in total. The second kappa shape index (κ2) is 5.46. The molecule has 0 spiro atoms. The molecule has 0 amide bonds. The molecule has 0 saturated carbocycles. The van der Waals surface area contributed by atoms with E-state index in [2.05, 4.69) is 9.71 Å². The van der Waals surface area contributed by atoms with Gasteiger partial charge in [0.25, 0.3) is 5.56 Å². The predicted molar refractivity (Wildman–Crippen MR) is 74.4 cm³/mol. The van der Waals surface area contributed by atoms with E-state index in [9.17, 15) is 17.6 Å². The molecule has 0 aliphatic heterocycles. The first-order valence-corrected chi connectivity index (χ1v) is 7.46. The van der Waals surface area contributed by atoms with Crippen molar-refractivity contribution < 1.29 is 12.8 Å². The maximum Gasteiger partial charge on any atom is 0.250 e. The Bertz CT molecular complexity index is 784. The summed E-state index contributed by atoms with van der Waals surface area (Å²) in [5, 5.41) is 0. The molecule has 7 heteroatoms. The summed E-state index contributed by atoms with van der Waals surface area (Å²) in [6, 6.07) is 7.08. The van der Waals surface area contributed by atoms with Gasteiger partial charge in [0.05, 0.1) is 11.4 Å². The van der Waals surface area contributed by atoms with E-state index in [-0.39, 0.29) is 16.8 Å². The molecule has 0 radical (unpaired) electrons. The minimum Gasteiger partial charge on any atom is -0.327 e. The summed E-state index contributed by atoms with van der Waals surface area (Å²) in [4.78, 5) is 13.6. The van der Waals surface area contributed by atoms with E-state index in [1.165, 1.54) is 30.5 Å². The van der Waals surface area contributed by atoms with Gasteiger partial charge in [-0.05, 0) is 19.1 Å². The van der Waals surface area contributed by atoms with Crippen LogP contribution in [-0.4, -0.2) is 13.4 Å². The van der Waals surface area contributed by atoms with Crippen molar-refractivity contribution in [2.75, 3.05) is 4.72 Å². The van der Waals surface area contributed by atoms with Gasteiger partial charge >= 0.3 is 0 Å². The van der Waals surface area contributed by atoms with Gasteiger partial charge in [0.1, 0.15) is 5.82 Å². The molecule has 0 atom stereocenters. The second-order valence-electron chi connectivity index (χ2n) is 4.35. The zero-order valence-corrected chi connectivity index (χ0v) is 11.5. The van der Waals surface area contributed by atoms with Crippen molar-refractivity contribution in [2.45, 2.75) is 12.7 Å². The number of hydrogen-bond donors (Lipinski definition) is 2. The number of aromatic nitrogens is 1. The maximum atomic E-state index is 13.4. The number of benzene rings is 1. The van der Waals surface area contributed by atoms with Crippen molar-refractivity contribution in [3.05, 3.63) is 63.8 Å². The van der Waals surface area contributed by atoms with E-state index < -0.39 is 21.6 Å². The topological polar surface area (TPSA) is 79.0 Å². The molecular formula is C13H13FN2O3S. The third-order valence-electron chi connectivity index (χ3n) is 2.67. The van der Waals surface area contributed by atoms with Crippen LogP contribution in [0.15, 0.2) is 41.3 Å². The number of aromatic amines is 1. The molecule has 0 saturated heterocycles. The number of aryl methyl sites for hydroxylation is 1. The van der Waals surface area contributed by atoms with Crippen LogP contribution in [-0.2, 0) is 15.8 Å². The number of halogens is 1. The third kappa shape index (κ3) is 3.45. The second-order valence-corrected chi connectivity index (χ2v) is 6.08. The summed E-state index contributed by atoms with van der Waals surface area (Å²) in [6.07, 6.45) is 1.26. The minimum atomic E-state index is -3.75. The average molecular weight is 296 g/mol. The molecular weight excluding hydrogens is 283 g/mol. The van der Waals surface area contributed by atoms with Crippen LogP contribution in [0.5, 0.6) is 0 Å². The fraction of sp³-hybridized carbons (Fsp3) is 0.154. The van der Waals surface area contributed by atoms with Gasteiger partial charge in [-0.25, -0.2) is 12.8 Å². The van der Waals surface area contributed by atoms with Gasteiger partial charge in [-0.1, -0.05) is 18.2 Å². The number of hydrogen-bond acceptors (Lipinski definition) is 3. The van der Waals surface area contributed by atoms with Crippen LogP contribution in [0.3, 0.4) is 0 Å². The van der Waals surface area contributed by atoms with Crippen LogP contribution >= 0.6 is 0 Å². The SMILES string of the molecule is Cc1cc(NS(=O)(=O)Cc2ccccc2F)c[nH]c1=O. The van der Waals surface area contributed by atoms with Crippen molar-refractivity contribution >= 4 is 15.7 Å². The van der Waals surface area contributed by atoms with Crippen LogP contribution in [0.2, 0.25) is 0 Å². The highest BCUT2D eigenvalue weighted by atomic mass is 32.2. The normalized spacial score (nSPS) is 11.3. The maximum absolute atomic E-state index is 13.4. The molecule has 0 unspecified atom stereocenters. The molecule has 0 bridgehead atoms. The molecule has 2 aromatic rings. The van der Waals surface area contributed by atoms with Crippen molar-refractivity contribution in [1.82, 2.24) is 4.98 Å². The predicted octanol–water partition coefficient (Wildman–Crippen LogP) is 1.76. The number of pyridine rings is 1. The molecule has 0 fully saturated rings. The van der Waals surface area contributed by atoms with Gasteiger partial charge in [-0.3, -0.25) is 9.52 Å². The number of anilines is 1. The molecule has 1 aromatic heterocycles. The van der Waals surface area contributed by atoms with Crippen LogP contribution in [0.25, 0.3) is 0 Å². The largest absolute Gasteiger partial charge is 0.327 e. The highest BCUT2D eigenvalue weighted by Gasteiger charge is 2.14. The van der Waals surface area contributed by atoms with Crippen molar-refractivity contribution in [1.29, 1.82) is 0 Å². The number of sulfonamides is 1. The smallest absolute Gasteiger partial charge is 0.250 e. The summed E-state index contributed by atoms with van der Waals surface area (Å²) >= 11 is 0. The van der Waals surface area contributed by atoms with Gasteiger partial charge in [-0.15, -0.1) is 0 Å². The minimum absolute atomic E-state index is 0.0844. The standard InChI is InChI=1S/C13H13FN2O3S/c1-9-6-11(7-15-13(9)17)16-20(18,19)8-10-4-2-3-5-12(10)14/h2-7,16H,8H2,1H3,(H,15,17). The Balaban J connectivity index is 2.21. The summed E-state index contributed by atoms with van der Waals surface area (Å²) in [5.41, 5.74) is 0.415. The number of rotatable bonds is 4. The number of nitrogens with one attached hydrogen (secondary N) is 2. The van der Waals surface area contributed by atoms with E-state index in [1.54, 1.807) is 13.0 Å². The monoisotopic (exact) mass is 296 g/mol. The first-order valence-electron chi connectivity index (χ1n) is 5.80. The van der Waals surface area contributed by atoms with Crippen LogP contribution < -0.4 is 10.3 Å². The fourth-order valence-electron chi connectivity index (χ4n) is 1.69. The fourth-order valence-corrected chi connectivity index (χ4v) is 2.89. The Kier molecular flexibility index (Phi) is 3.89. The third-order valence-corrected chi connectivity index (χ3v) is 3.90. The summed E-state index contributed by atoms with van der Waals surface area (Å²) in [7, 11) is -3.75. The lowest BCUT2D eigenvalue weighted by atomic mass is 10.2. The molecule has 106 valence electrons. The first-order chi connectivity index (χ1) is 9.37. The zero-order chi connectivity index (χ0) is 14.8. The van der Waals surface area contributed by atoms with E-state index in [4.69, 9.17) is 0 Å². The Morgan fingerprint density at radius 3 is 2.65 bits per heavy atom. The van der Waals surface area contributed by atoms with E-state index in [0.717, 1.165) is 0 Å². The molecule has 0 aliphatic carbocycles. The van der Waals surface area contributed by atoms with Gasteiger partial charge in [0.15, 0.2) is 0 Å². The van der Waals surface area contributed by atoms with Crippen molar-refractivity contribution in [2.24, 2.45) is 0 Å². The highest BCUT2D eigenvalue weighted by molar-refractivity contribution is 7.91. The van der Waals surface area contributed by atoms with E-state index in [1.807, 2.05) is 0 Å². The Morgan fingerprint density at radius 2 is 2.00 bits per heavy atom. The van der Waals surface area contributed by atoms with Crippen LogP contribution in [0.4, 0.5) is 10.1 Å². The van der Waals surface area contributed by atoms with Gasteiger partial charge in [0.2, 0.25) is 10.0 Å². The van der Waals surface area contributed by atoms with Gasteiger partial charge in [-0.2, -0.15) is 0 Å². The lowest BCUT2D eigenvalue weighted by Gasteiger charge is -2.08. The quantitative estimate of drug-likeness (QED) is 0.902. The van der Waals surface area contributed by atoms with E-state index in [0.29, 0.717) is 5.56 Å². The molecule has 1 aromatic carbocycles. The zero-order valence-electron chi connectivity index (χ0n) is 10.7. The van der Waals surface area contributed by atoms with Crippen LogP contribution in [0.1, 0.15) is 11.1 Å². The van der Waals surface area contributed by atoms with Gasteiger partial charge in [0, 0.05) is 17.3 Å². The summed E-state index contributed by atoms with van der Waals surface area (Å²) in [5.74, 6) is -1.05. The Morgan fingerprint density at radius 1 is 1.30 bits per heavy atom. The molecule has 0 aliphatic rings. The Labute approximate surface area is 115 Å². The molecule has 1 heterocycles. The van der Waals surface area contributed by atoms with Crippen molar-refractivity contribution in [3.8, 4) is 0 Å². The molecule has 2 rings (SSSR count). The van der Waals surface area contributed by atoms with Crippen molar-refractivity contribution in [3.63, 3.8) is 0 Å². The lowest BCUT2D eigenvalue weighted by Crippen LogP contribution is -2.17. The van der Waals surface area contributed by atoms with E-state index >= 15 is 0 Å². The van der Waals surface area contributed by atoms with Crippen LogP contribution in [0, 0.1) is 12.7 Å². The summed E-state index contributed by atoms with van der Waals surface area (Å²) in [6.45, 7) is 1.56. The number of H-pyrrole nitrogens is 1. The highest BCUT2D eigenvalue weighted by Crippen LogP contribution is 2.14.